The van der Waals surface area contributed by atoms with Gasteiger partial charge in [-0.15, -0.1) is 11.3 Å². The van der Waals surface area contributed by atoms with Crippen LogP contribution in [0.1, 0.15) is 15.2 Å². The molecule has 29 heavy (non-hydrogen) atoms. The summed E-state index contributed by atoms with van der Waals surface area (Å²) in [5.41, 5.74) is 3.00. The summed E-state index contributed by atoms with van der Waals surface area (Å²) >= 11 is 7.21. The van der Waals surface area contributed by atoms with E-state index in [1.165, 1.54) is 17.6 Å². The highest BCUT2D eigenvalue weighted by atomic mass is 35.5. The second kappa shape index (κ2) is 9.63. The van der Waals surface area contributed by atoms with Gasteiger partial charge in [0.05, 0.1) is 16.9 Å². The number of carbonyl (C=O) groups excluding carboxylic acids is 3. The molecule has 7 nitrogen and oxygen atoms in total. The fourth-order valence-corrected chi connectivity index (χ4v) is 2.95. The molecule has 0 aliphatic carbocycles. The molecule has 0 spiro atoms. The minimum absolute atomic E-state index is 0.311. The van der Waals surface area contributed by atoms with Crippen LogP contribution in [0.5, 0.6) is 5.75 Å². The van der Waals surface area contributed by atoms with E-state index in [0.29, 0.717) is 26.9 Å². The maximum atomic E-state index is 12.0. The van der Waals surface area contributed by atoms with Crippen LogP contribution in [0.15, 0.2) is 71.1 Å². The van der Waals surface area contributed by atoms with Gasteiger partial charge in [0.15, 0.2) is 0 Å². The van der Waals surface area contributed by atoms with Crippen LogP contribution in [-0.4, -0.2) is 24.0 Å². The van der Waals surface area contributed by atoms with Crippen LogP contribution in [0.2, 0.25) is 5.02 Å². The number of benzene rings is 2. The molecule has 0 radical (unpaired) electrons. The van der Waals surface area contributed by atoms with Gasteiger partial charge in [-0.3, -0.25) is 9.59 Å². The summed E-state index contributed by atoms with van der Waals surface area (Å²) in [6.07, 6.45) is 1.32. The summed E-state index contributed by atoms with van der Waals surface area (Å²) in [6, 6.07) is 16.5. The predicted molar refractivity (Wildman–Crippen MR) is 112 cm³/mol. The van der Waals surface area contributed by atoms with Crippen molar-refractivity contribution in [3.05, 3.63) is 81.5 Å². The smallest absolute Gasteiger partial charge is 0.353 e. The quantitative estimate of drug-likeness (QED) is 0.213. The Labute approximate surface area is 175 Å². The van der Waals surface area contributed by atoms with Crippen molar-refractivity contribution in [1.29, 1.82) is 0 Å². The van der Waals surface area contributed by atoms with E-state index in [-0.39, 0.29) is 0 Å². The lowest BCUT2D eigenvalue weighted by atomic mass is 10.2. The standard InChI is InChI=1S/C20H14ClN3O4S/c21-15-7-1-2-8-16(15)23-18(25)19(26)24-22-12-13-5-3-6-14(11-13)28-20(27)17-9-4-10-29-17/h1-12H,(H,23,25)(H,24,26)/b22-12+. The molecule has 0 fully saturated rings. The number of amides is 2. The van der Waals surface area contributed by atoms with Crippen LogP contribution in [0, 0.1) is 0 Å². The number of carbonyl (C=O) groups is 3. The molecule has 2 aromatic carbocycles. The zero-order valence-electron chi connectivity index (χ0n) is 14.8. The number of esters is 1. The SMILES string of the molecule is O=C(N/N=C/c1cccc(OC(=O)c2cccs2)c1)C(=O)Nc1ccccc1Cl. The first-order valence-corrected chi connectivity index (χ1v) is 9.53. The molecular formula is C20H14ClN3O4S. The molecule has 0 saturated heterocycles. The number of halogens is 1. The fourth-order valence-electron chi connectivity index (χ4n) is 2.17. The van der Waals surface area contributed by atoms with Gasteiger partial charge in [-0.1, -0.05) is 41.9 Å². The minimum atomic E-state index is -0.957. The van der Waals surface area contributed by atoms with Crippen LogP contribution >= 0.6 is 22.9 Å². The molecule has 0 saturated carbocycles. The van der Waals surface area contributed by atoms with E-state index in [9.17, 15) is 14.4 Å². The first-order chi connectivity index (χ1) is 14.0. The minimum Gasteiger partial charge on any atom is -0.422 e. The highest BCUT2D eigenvalue weighted by molar-refractivity contribution is 7.12. The van der Waals surface area contributed by atoms with Crippen molar-refractivity contribution in [3.8, 4) is 5.75 Å². The summed E-state index contributed by atoms with van der Waals surface area (Å²) in [7, 11) is 0. The van der Waals surface area contributed by atoms with Crippen molar-refractivity contribution in [2.75, 3.05) is 5.32 Å². The van der Waals surface area contributed by atoms with E-state index >= 15 is 0 Å². The van der Waals surface area contributed by atoms with E-state index in [1.54, 1.807) is 66.0 Å². The Morgan fingerprint density at radius 1 is 1.00 bits per heavy atom. The number of thiophene rings is 1. The molecule has 2 N–H and O–H groups in total. The van der Waals surface area contributed by atoms with Gasteiger partial charge < -0.3 is 10.1 Å². The number of nitrogens with one attached hydrogen (secondary N) is 2. The topological polar surface area (TPSA) is 96.9 Å². The molecule has 2 amide bonds. The van der Waals surface area contributed by atoms with E-state index in [4.69, 9.17) is 16.3 Å². The molecular weight excluding hydrogens is 414 g/mol. The highest BCUT2D eigenvalue weighted by Crippen LogP contribution is 2.20. The van der Waals surface area contributed by atoms with E-state index in [2.05, 4.69) is 15.8 Å². The molecule has 3 aromatic rings. The van der Waals surface area contributed by atoms with Crippen molar-refractivity contribution < 1.29 is 19.1 Å². The maximum Gasteiger partial charge on any atom is 0.353 e. The molecule has 1 heterocycles. The fraction of sp³-hybridized carbons (Fsp3) is 0. The van der Waals surface area contributed by atoms with Gasteiger partial charge in [-0.2, -0.15) is 5.10 Å². The number of hydrogen-bond acceptors (Lipinski definition) is 6. The monoisotopic (exact) mass is 427 g/mol. The lowest BCUT2D eigenvalue weighted by Crippen LogP contribution is -2.32. The molecule has 0 unspecified atom stereocenters. The third-order valence-corrected chi connectivity index (χ3v) is 4.68. The molecule has 0 aliphatic rings. The Balaban J connectivity index is 1.56. The van der Waals surface area contributed by atoms with Gasteiger partial charge in [0.25, 0.3) is 0 Å². The van der Waals surface area contributed by atoms with Crippen LogP contribution in [0.3, 0.4) is 0 Å². The molecule has 0 aliphatic heterocycles. The summed E-state index contributed by atoms with van der Waals surface area (Å²) in [6.45, 7) is 0. The van der Waals surface area contributed by atoms with Gasteiger partial charge in [-0.05, 0) is 41.3 Å². The van der Waals surface area contributed by atoms with Crippen molar-refractivity contribution in [2.24, 2.45) is 5.10 Å². The van der Waals surface area contributed by atoms with Gasteiger partial charge in [0.1, 0.15) is 10.6 Å². The number of rotatable bonds is 5. The summed E-state index contributed by atoms with van der Waals surface area (Å²) in [4.78, 5) is 36.2. The van der Waals surface area contributed by atoms with Crippen LogP contribution in [-0.2, 0) is 9.59 Å². The lowest BCUT2D eigenvalue weighted by Gasteiger charge is -2.05. The third kappa shape index (κ3) is 5.74. The number of ether oxygens (including phenoxy) is 1. The highest BCUT2D eigenvalue weighted by Gasteiger charge is 2.14. The van der Waals surface area contributed by atoms with Crippen molar-refractivity contribution in [2.45, 2.75) is 0 Å². The number of hydrazone groups is 1. The number of nitrogens with zero attached hydrogens (tertiary/aromatic N) is 1. The third-order valence-electron chi connectivity index (χ3n) is 3.50. The van der Waals surface area contributed by atoms with Crippen molar-refractivity contribution in [1.82, 2.24) is 5.43 Å². The summed E-state index contributed by atoms with van der Waals surface area (Å²) < 4.78 is 5.29. The predicted octanol–water partition coefficient (Wildman–Crippen LogP) is 3.71. The van der Waals surface area contributed by atoms with Crippen molar-refractivity contribution >= 4 is 52.6 Å². The Morgan fingerprint density at radius 3 is 2.59 bits per heavy atom. The molecule has 0 bridgehead atoms. The van der Waals surface area contributed by atoms with Gasteiger partial charge in [0, 0.05) is 0 Å². The van der Waals surface area contributed by atoms with E-state index in [1.807, 2.05) is 0 Å². The molecule has 1 aromatic heterocycles. The first-order valence-electron chi connectivity index (χ1n) is 8.27. The average molecular weight is 428 g/mol. The zero-order chi connectivity index (χ0) is 20.6. The Morgan fingerprint density at radius 2 is 1.83 bits per heavy atom. The Hall–Kier alpha value is -3.49. The van der Waals surface area contributed by atoms with E-state index < -0.39 is 17.8 Å². The molecule has 146 valence electrons. The first kappa shape index (κ1) is 20.2. The lowest BCUT2D eigenvalue weighted by molar-refractivity contribution is -0.136. The molecule has 0 atom stereocenters. The molecule has 3 rings (SSSR count). The second-order valence-corrected chi connectivity index (χ2v) is 6.93. The number of anilines is 1. The Bertz CT molecular complexity index is 1070. The number of hydrogen-bond donors (Lipinski definition) is 2. The second-order valence-electron chi connectivity index (χ2n) is 5.57. The van der Waals surface area contributed by atoms with Gasteiger partial charge in [-0.25, -0.2) is 10.2 Å². The van der Waals surface area contributed by atoms with Crippen molar-refractivity contribution in [3.63, 3.8) is 0 Å². The largest absolute Gasteiger partial charge is 0.422 e. The van der Waals surface area contributed by atoms with Crippen LogP contribution in [0.4, 0.5) is 5.69 Å². The van der Waals surface area contributed by atoms with Gasteiger partial charge >= 0.3 is 17.8 Å². The van der Waals surface area contributed by atoms with Crippen LogP contribution in [0.25, 0.3) is 0 Å². The summed E-state index contributed by atoms with van der Waals surface area (Å²) in [5, 5.41) is 8.22. The zero-order valence-corrected chi connectivity index (χ0v) is 16.4. The van der Waals surface area contributed by atoms with Crippen LogP contribution < -0.4 is 15.5 Å². The summed E-state index contributed by atoms with van der Waals surface area (Å²) in [5.74, 6) is -2.00. The number of para-hydroxylation sites is 1. The normalized spacial score (nSPS) is 10.5. The van der Waals surface area contributed by atoms with E-state index in [0.717, 1.165) is 0 Å². The van der Waals surface area contributed by atoms with Gasteiger partial charge in [0.2, 0.25) is 0 Å². The average Bonchev–Trinajstić information content (AvgIpc) is 3.25. The Kier molecular flexibility index (Phi) is 6.72. The maximum absolute atomic E-state index is 12.0. The molecule has 9 heteroatoms.